The standard InChI is InChI=1S/C10H6ClN5O3/c11-10-13-5-2-4-19-7(5)8(14-10)15-16-6(9(17)18)1-3-12-16/h1-4H,(H,17,18)(H,13,14,15). The molecule has 0 bridgehead atoms. The third kappa shape index (κ3) is 1.97. The second-order valence-corrected chi connectivity index (χ2v) is 3.86. The molecule has 3 rings (SSSR count). The molecule has 0 aliphatic carbocycles. The van der Waals surface area contributed by atoms with E-state index in [1.54, 1.807) is 6.07 Å². The van der Waals surface area contributed by atoms with Crippen LogP contribution in [0.5, 0.6) is 0 Å². The first-order valence-corrected chi connectivity index (χ1v) is 5.48. The van der Waals surface area contributed by atoms with Gasteiger partial charge in [-0.3, -0.25) is 5.43 Å². The molecule has 8 nitrogen and oxygen atoms in total. The van der Waals surface area contributed by atoms with E-state index in [2.05, 4.69) is 20.5 Å². The number of hydrogen-bond acceptors (Lipinski definition) is 6. The highest BCUT2D eigenvalue weighted by Crippen LogP contribution is 2.23. The number of furan rings is 1. The lowest BCUT2D eigenvalue weighted by Crippen LogP contribution is -2.18. The maximum absolute atomic E-state index is 11.0. The molecule has 3 aromatic heterocycles. The molecule has 19 heavy (non-hydrogen) atoms. The SMILES string of the molecule is O=C(O)c1ccnn1Nc1nc(Cl)nc2ccoc12. The molecule has 0 fully saturated rings. The van der Waals surface area contributed by atoms with Crippen LogP contribution < -0.4 is 5.43 Å². The van der Waals surface area contributed by atoms with E-state index in [1.807, 2.05) is 0 Å². The van der Waals surface area contributed by atoms with Crippen molar-refractivity contribution in [1.29, 1.82) is 0 Å². The lowest BCUT2D eigenvalue weighted by Gasteiger charge is -2.07. The Morgan fingerprint density at radius 2 is 2.26 bits per heavy atom. The van der Waals surface area contributed by atoms with Crippen molar-refractivity contribution in [3.8, 4) is 0 Å². The summed E-state index contributed by atoms with van der Waals surface area (Å²) >= 11 is 5.77. The van der Waals surface area contributed by atoms with Crippen LogP contribution in [0.25, 0.3) is 11.1 Å². The number of nitrogens with one attached hydrogen (secondary N) is 1. The third-order valence-corrected chi connectivity index (χ3v) is 2.52. The molecular formula is C10H6ClN5O3. The Labute approximate surface area is 110 Å². The van der Waals surface area contributed by atoms with Crippen molar-refractivity contribution in [3.05, 3.63) is 35.6 Å². The van der Waals surface area contributed by atoms with Crippen molar-refractivity contribution in [2.45, 2.75) is 0 Å². The van der Waals surface area contributed by atoms with E-state index < -0.39 is 5.97 Å². The van der Waals surface area contributed by atoms with Crippen LogP contribution in [0.4, 0.5) is 5.82 Å². The average molecular weight is 280 g/mol. The van der Waals surface area contributed by atoms with Gasteiger partial charge in [0, 0.05) is 6.07 Å². The highest BCUT2D eigenvalue weighted by atomic mass is 35.5. The molecule has 0 aliphatic heterocycles. The summed E-state index contributed by atoms with van der Waals surface area (Å²) in [5.74, 6) is -0.896. The molecule has 3 heterocycles. The first-order valence-electron chi connectivity index (χ1n) is 5.10. The molecular weight excluding hydrogens is 274 g/mol. The summed E-state index contributed by atoms with van der Waals surface area (Å²) < 4.78 is 5.22. The highest BCUT2D eigenvalue weighted by Gasteiger charge is 2.14. The number of fused-ring (bicyclic) bond motifs is 1. The minimum Gasteiger partial charge on any atom is -0.476 e. The predicted octanol–water partition coefficient (Wildman–Crippen LogP) is 1.65. The van der Waals surface area contributed by atoms with Crippen LogP contribution in [0.1, 0.15) is 10.5 Å². The van der Waals surface area contributed by atoms with E-state index >= 15 is 0 Å². The monoisotopic (exact) mass is 279 g/mol. The minimum absolute atomic E-state index is 0.0143. The zero-order valence-electron chi connectivity index (χ0n) is 9.24. The predicted molar refractivity (Wildman–Crippen MR) is 65.0 cm³/mol. The van der Waals surface area contributed by atoms with Gasteiger partial charge in [-0.1, -0.05) is 0 Å². The molecule has 0 atom stereocenters. The molecule has 0 saturated carbocycles. The largest absolute Gasteiger partial charge is 0.476 e. The maximum Gasteiger partial charge on any atom is 0.356 e. The Morgan fingerprint density at radius 3 is 3.05 bits per heavy atom. The summed E-state index contributed by atoms with van der Waals surface area (Å²) in [6.45, 7) is 0. The van der Waals surface area contributed by atoms with Crippen LogP contribution in [0.3, 0.4) is 0 Å². The van der Waals surface area contributed by atoms with Gasteiger partial charge >= 0.3 is 5.97 Å². The van der Waals surface area contributed by atoms with Crippen LogP contribution in [-0.2, 0) is 0 Å². The Kier molecular flexibility index (Phi) is 2.57. The summed E-state index contributed by atoms with van der Waals surface area (Å²) in [5.41, 5.74) is 3.52. The van der Waals surface area contributed by atoms with Crippen molar-refractivity contribution in [2.75, 3.05) is 5.43 Å². The van der Waals surface area contributed by atoms with Gasteiger partial charge in [-0.2, -0.15) is 14.9 Å². The van der Waals surface area contributed by atoms with Gasteiger partial charge < -0.3 is 9.52 Å². The lowest BCUT2D eigenvalue weighted by atomic mass is 10.4. The number of aromatic nitrogens is 4. The molecule has 0 unspecified atom stereocenters. The Bertz CT molecular complexity index is 765. The summed E-state index contributed by atoms with van der Waals surface area (Å²) in [4.78, 5) is 19.9. The van der Waals surface area contributed by atoms with Crippen LogP contribution in [0.2, 0.25) is 5.28 Å². The van der Waals surface area contributed by atoms with Gasteiger partial charge in [-0.05, 0) is 17.7 Å². The van der Waals surface area contributed by atoms with Crippen LogP contribution >= 0.6 is 11.6 Å². The smallest absolute Gasteiger partial charge is 0.356 e. The summed E-state index contributed by atoms with van der Waals surface area (Å²) in [6, 6.07) is 2.97. The summed E-state index contributed by atoms with van der Waals surface area (Å²) in [5, 5.41) is 12.8. The van der Waals surface area contributed by atoms with E-state index in [-0.39, 0.29) is 16.8 Å². The van der Waals surface area contributed by atoms with Crippen LogP contribution in [0.15, 0.2) is 29.0 Å². The average Bonchev–Trinajstić information content (AvgIpc) is 2.96. The number of halogens is 1. The number of aromatic carboxylic acids is 1. The Morgan fingerprint density at radius 1 is 1.42 bits per heavy atom. The van der Waals surface area contributed by atoms with Crippen molar-refractivity contribution >= 4 is 34.5 Å². The molecule has 2 N–H and O–H groups in total. The van der Waals surface area contributed by atoms with Crippen LogP contribution in [0, 0.1) is 0 Å². The number of hydrogen-bond donors (Lipinski definition) is 2. The van der Waals surface area contributed by atoms with E-state index in [1.165, 1.54) is 18.5 Å². The van der Waals surface area contributed by atoms with Gasteiger partial charge in [-0.15, -0.1) is 0 Å². The molecule has 96 valence electrons. The van der Waals surface area contributed by atoms with Gasteiger partial charge in [0.15, 0.2) is 17.1 Å². The second kappa shape index (κ2) is 4.25. The maximum atomic E-state index is 11.0. The fourth-order valence-electron chi connectivity index (χ4n) is 1.57. The first kappa shape index (κ1) is 11.5. The van der Waals surface area contributed by atoms with Gasteiger partial charge in [0.2, 0.25) is 5.28 Å². The van der Waals surface area contributed by atoms with Gasteiger partial charge in [-0.25, -0.2) is 9.78 Å². The fourth-order valence-corrected chi connectivity index (χ4v) is 1.74. The molecule has 0 aromatic carbocycles. The molecule has 0 aliphatic rings. The zero-order chi connectivity index (χ0) is 13.4. The van der Waals surface area contributed by atoms with Gasteiger partial charge in [0.1, 0.15) is 5.52 Å². The number of rotatable bonds is 3. The third-order valence-electron chi connectivity index (χ3n) is 2.35. The number of carbonyl (C=O) groups is 1. The topological polar surface area (TPSA) is 106 Å². The molecule has 3 aromatic rings. The van der Waals surface area contributed by atoms with Crippen LogP contribution in [-0.4, -0.2) is 30.9 Å². The lowest BCUT2D eigenvalue weighted by molar-refractivity contribution is 0.0685. The molecule has 9 heteroatoms. The fraction of sp³-hybridized carbons (Fsp3) is 0. The van der Waals surface area contributed by atoms with Gasteiger partial charge in [0.05, 0.1) is 12.5 Å². The summed E-state index contributed by atoms with van der Waals surface area (Å²) in [7, 11) is 0. The molecule has 0 saturated heterocycles. The second-order valence-electron chi connectivity index (χ2n) is 3.52. The van der Waals surface area contributed by atoms with Crippen molar-refractivity contribution in [2.24, 2.45) is 0 Å². The first-order chi connectivity index (χ1) is 9.15. The van der Waals surface area contributed by atoms with E-state index in [9.17, 15) is 4.79 Å². The molecule has 0 spiro atoms. The molecule has 0 radical (unpaired) electrons. The number of carboxylic acids is 1. The van der Waals surface area contributed by atoms with E-state index in [4.69, 9.17) is 21.1 Å². The normalized spacial score (nSPS) is 10.8. The van der Waals surface area contributed by atoms with E-state index in [0.717, 1.165) is 4.79 Å². The Hall–Kier alpha value is -2.61. The summed E-state index contributed by atoms with van der Waals surface area (Å²) in [6.07, 6.45) is 2.78. The Balaban J connectivity index is 2.08. The van der Waals surface area contributed by atoms with Gasteiger partial charge in [0.25, 0.3) is 0 Å². The van der Waals surface area contributed by atoms with Crippen molar-refractivity contribution < 1.29 is 14.3 Å². The minimum atomic E-state index is -1.12. The quantitative estimate of drug-likeness (QED) is 0.702. The van der Waals surface area contributed by atoms with Crippen molar-refractivity contribution in [1.82, 2.24) is 19.9 Å². The number of nitrogens with zero attached hydrogens (tertiary/aromatic N) is 4. The van der Waals surface area contributed by atoms with Crippen molar-refractivity contribution in [3.63, 3.8) is 0 Å². The number of carboxylic acid groups (broad SMARTS) is 1. The highest BCUT2D eigenvalue weighted by molar-refractivity contribution is 6.28. The van der Waals surface area contributed by atoms with E-state index in [0.29, 0.717) is 11.1 Å². The zero-order valence-corrected chi connectivity index (χ0v) is 10.00. The molecule has 0 amide bonds. The number of anilines is 1.